The monoisotopic (exact) mass is 480 g/mol. The van der Waals surface area contributed by atoms with Crippen LogP contribution in [-0.4, -0.2) is 34.4 Å². The number of nitrogens with zero attached hydrogens (tertiary/aromatic N) is 1. The zero-order valence-electron chi connectivity index (χ0n) is 16.3. The topological polar surface area (TPSA) is 67.9 Å². The van der Waals surface area contributed by atoms with Crippen LogP contribution in [0.3, 0.4) is 0 Å². The van der Waals surface area contributed by atoms with Crippen molar-refractivity contribution in [2.45, 2.75) is 12.6 Å². The van der Waals surface area contributed by atoms with Crippen LogP contribution in [0.2, 0.25) is 0 Å². The van der Waals surface area contributed by atoms with Gasteiger partial charge in [0.1, 0.15) is 4.32 Å². The van der Waals surface area contributed by atoms with Gasteiger partial charge in [0, 0.05) is 13.0 Å². The predicted octanol–water partition coefficient (Wildman–Crippen LogP) is 4.66. The molecule has 2 heterocycles. The summed E-state index contributed by atoms with van der Waals surface area (Å²) in [6.45, 7) is 0.0829. The van der Waals surface area contributed by atoms with Crippen LogP contribution in [0.1, 0.15) is 17.5 Å². The minimum absolute atomic E-state index is 0.0524. The highest BCUT2D eigenvalue weighted by molar-refractivity contribution is 8.26. The SMILES string of the molecule is O=C(CCN1C(=O)C(=Cc2ccc3c(c2)OCO3)SC1=S)Nc1ccccc1C(F)(F)F. The fraction of sp³-hybridized carbons (Fsp3) is 0.190. The number of hydrogen-bond acceptors (Lipinski definition) is 6. The number of benzene rings is 2. The van der Waals surface area contributed by atoms with Gasteiger partial charge in [-0.05, 0) is 35.9 Å². The van der Waals surface area contributed by atoms with Crippen molar-refractivity contribution in [3.05, 3.63) is 58.5 Å². The van der Waals surface area contributed by atoms with Crippen LogP contribution in [0, 0.1) is 0 Å². The molecule has 1 fully saturated rings. The number of hydrogen-bond donors (Lipinski definition) is 1. The van der Waals surface area contributed by atoms with Gasteiger partial charge in [-0.3, -0.25) is 14.5 Å². The fourth-order valence-electron chi connectivity index (χ4n) is 3.11. The van der Waals surface area contributed by atoms with Crippen molar-refractivity contribution in [3.63, 3.8) is 0 Å². The molecule has 166 valence electrons. The van der Waals surface area contributed by atoms with E-state index in [0.29, 0.717) is 16.4 Å². The molecule has 1 saturated heterocycles. The van der Waals surface area contributed by atoms with Crippen molar-refractivity contribution in [1.29, 1.82) is 0 Å². The largest absolute Gasteiger partial charge is 0.454 e. The molecule has 11 heteroatoms. The van der Waals surface area contributed by atoms with Gasteiger partial charge in [0.25, 0.3) is 5.91 Å². The molecule has 2 aromatic carbocycles. The number of halogens is 3. The number of ether oxygens (including phenoxy) is 2. The standard InChI is InChI=1S/C21H15F3N2O4S2/c22-21(23,24)13-3-1-2-4-14(13)25-18(27)7-8-26-19(28)17(32-20(26)31)10-12-5-6-15-16(9-12)30-11-29-15/h1-6,9-10H,7-8,11H2,(H,25,27). The lowest BCUT2D eigenvalue weighted by Crippen LogP contribution is -2.31. The summed E-state index contributed by atoms with van der Waals surface area (Å²) in [4.78, 5) is 26.6. The third kappa shape index (κ3) is 4.73. The summed E-state index contributed by atoms with van der Waals surface area (Å²) in [7, 11) is 0. The number of carbonyl (C=O) groups is 2. The van der Waals surface area contributed by atoms with E-state index in [4.69, 9.17) is 21.7 Å². The lowest BCUT2D eigenvalue weighted by Gasteiger charge is -2.16. The highest BCUT2D eigenvalue weighted by atomic mass is 32.2. The second kappa shape index (κ2) is 8.83. The van der Waals surface area contributed by atoms with Gasteiger partial charge in [0.2, 0.25) is 12.7 Å². The van der Waals surface area contributed by atoms with Crippen LogP contribution < -0.4 is 14.8 Å². The molecular weight excluding hydrogens is 465 g/mol. The van der Waals surface area contributed by atoms with Gasteiger partial charge < -0.3 is 14.8 Å². The van der Waals surface area contributed by atoms with Gasteiger partial charge >= 0.3 is 6.18 Å². The normalized spacial score (nSPS) is 16.7. The van der Waals surface area contributed by atoms with Crippen molar-refractivity contribution in [2.24, 2.45) is 0 Å². The summed E-state index contributed by atoms with van der Waals surface area (Å²) in [6, 6.07) is 9.94. The van der Waals surface area contributed by atoms with Gasteiger partial charge in [0.05, 0.1) is 16.2 Å². The van der Waals surface area contributed by atoms with Crippen molar-refractivity contribution in [2.75, 3.05) is 18.7 Å². The average Bonchev–Trinajstić information content (AvgIpc) is 3.30. The molecule has 4 rings (SSSR count). The van der Waals surface area contributed by atoms with Crippen molar-refractivity contribution >= 4 is 51.9 Å². The van der Waals surface area contributed by atoms with E-state index in [0.717, 1.165) is 23.4 Å². The minimum atomic E-state index is -4.60. The number of thioether (sulfide) groups is 1. The second-order valence-electron chi connectivity index (χ2n) is 6.79. The first-order chi connectivity index (χ1) is 15.2. The number of anilines is 1. The Morgan fingerprint density at radius 3 is 2.72 bits per heavy atom. The third-order valence-electron chi connectivity index (χ3n) is 4.64. The fourth-order valence-corrected chi connectivity index (χ4v) is 4.42. The summed E-state index contributed by atoms with van der Waals surface area (Å²) in [5.74, 6) is 0.162. The van der Waals surface area contributed by atoms with Crippen molar-refractivity contribution in [3.8, 4) is 11.5 Å². The molecule has 0 unspecified atom stereocenters. The summed E-state index contributed by atoms with van der Waals surface area (Å²) in [5.41, 5.74) is -0.556. The summed E-state index contributed by atoms with van der Waals surface area (Å²) in [6.07, 6.45) is -3.15. The summed E-state index contributed by atoms with van der Waals surface area (Å²) in [5, 5.41) is 2.26. The van der Waals surface area contributed by atoms with E-state index < -0.39 is 17.6 Å². The number of para-hydroxylation sites is 1. The van der Waals surface area contributed by atoms with E-state index in [9.17, 15) is 22.8 Å². The Labute approximate surface area is 190 Å². The summed E-state index contributed by atoms with van der Waals surface area (Å²) >= 11 is 6.33. The highest BCUT2D eigenvalue weighted by Crippen LogP contribution is 2.37. The Hall–Kier alpha value is -3.05. The minimum Gasteiger partial charge on any atom is -0.454 e. The Kier molecular flexibility index (Phi) is 6.11. The quantitative estimate of drug-likeness (QED) is 0.496. The molecule has 1 N–H and O–H groups in total. The van der Waals surface area contributed by atoms with Crippen molar-refractivity contribution < 1.29 is 32.2 Å². The first-order valence-corrected chi connectivity index (χ1v) is 10.6. The number of rotatable bonds is 5. The molecular formula is C21H15F3N2O4S2. The number of thiocarbonyl (C=S) groups is 1. The molecule has 0 radical (unpaired) electrons. The number of nitrogens with one attached hydrogen (secondary N) is 1. The van der Waals surface area contributed by atoms with E-state index >= 15 is 0 Å². The number of amides is 2. The van der Waals surface area contributed by atoms with Gasteiger partial charge in [-0.2, -0.15) is 13.2 Å². The third-order valence-corrected chi connectivity index (χ3v) is 6.01. The molecule has 0 aliphatic carbocycles. The second-order valence-corrected chi connectivity index (χ2v) is 8.46. The lowest BCUT2D eigenvalue weighted by atomic mass is 10.1. The molecule has 0 spiro atoms. The Morgan fingerprint density at radius 2 is 1.94 bits per heavy atom. The van der Waals surface area contributed by atoms with E-state index in [1.165, 1.54) is 23.1 Å². The first kappa shape index (κ1) is 22.2. The summed E-state index contributed by atoms with van der Waals surface area (Å²) < 4.78 is 50.1. The van der Waals surface area contributed by atoms with Crippen LogP contribution in [-0.2, 0) is 15.8 Å². The predicted molar refractivity (Wildman–Crippen MR) is 117 cm³/mol. The van der Waals surface area contributed by atoms with Crippen LogP contribution in [0.15, 0.2) is 47.4 Å². The maximum Gasteiger partial charge on any atom is 0.418 e. The molecule has 2 aromatic rings. The molecule has 0 bridgehead atoms. The van der Waals surface area contributed by atoms with Gasteiger partial charge in [-0.15, -0.1) is 0 Å². The highest BCUT2D eigenvalue weighted by Gasteiger charge is 2.34. The zero-order chi connectivity index (χ0) is 22.9. The van der Waals surface area contributed by atoms with Crippen LogP contribution in [0.5, 0.6) is 11.5 Å². The number of alkyl halides is 3. The molecule has 0 atom stereocenters. The molecule has 32 heavy (non-hydrogen) atoms. The molecule has 2 amide bonds. The van der Waals surface area contributed by atoms with Gasteiger partial charge in [0.15, 0.2) is 11.5 Å². The molecule has 2 aliphatic rings. The Morgan fingerprint density at radius 1 is 1.19 bits per heavy atom. The van der Waals surface area contributed by atoms with E-state index in [1.807, 2.05) is 0 Å². The van der Waals surface area contributed by atoms with Crippen LogP contribution >= 0.6 is 24.0 Å². The maximum atomic E-state index is 13.1. The lowest BCUT2D eigenvalue weighted by molar-refractivity contribution is -0.137. The Balaban J connectivity index is 1.40. The van der Waals surface area contributed by atoms with E-state index in [1.54, 1.807) is 24.3 Å². The smallest absolute Gasteiger partial charge is 0.418 e. The molecule has 0 saturated carbocycles. The maximum absolute atomic E-state index is 13.1. The average molecular weight is 480 g/mol. The molecule has 2 aliphatic heterocycles. The van der Waals surface area contributed by atoms with Crippen LogP contribution in [0.4, 0.5) is 18.9 Å². The zero-order valence-corrected chi connectivity index (χ0v) is 17.9. The number of carbonyl (C=O) groups excluding carboxylic acids is 2. The van der Waals surface area contributed by atoms with Crippen LogP contribution in [0.25, 0.3) is 6.08 Å². The number of fused-ring (bicyclic) bond motifs is 1. The van der Waals surface area contributed by atoms with Gasteiger partial charge in [-0.1, -0.05) is 42.2 Å². The Bertz CT molecular complexity index is 1130. The van der Waals surface area contributed by atoms with E-state index in [2.05, 4.69) is 5.32 Å². The van der Waals surface area contributed by atoms with E-state index in [-0.39, 0.29) is 35.7 Å². The van der Waals surface area contributed by atoms with Crippen molar-refractivity contribution in [1.82, 2.24) is 4.90 Å². The molecule has 6 nitrogen and oxygen atoms in total. The first-order valence-electron chi connectivity index (χ1n) is 9.33. The molecule has 0 aromatic heterocycles. The van der Waals surface area contributed by atoms with Gasteiger partial charge in [-0.25, -0.2) is 0 Å².